The van der Waals surface area contributed by atoms with Gasteiger partial charge in [-0.3, -0.25) is 0 Å². The Hall–Kier alpha value is 0.901. The zero-order valence-electron chi connectivity index (χ0n) is 7.38. The molecule has 0 spiro atoms. The first-order chi connectivity index (χ1) is 4.36. The van der Waals surface area contributed by atoms with E-state index in [1.54, 1.807) is 0 Å². The molecule has 5 heteroatoms. The summed E-state index contributed by atoms with van der Waals surface area (Å²) >= 11 is 5.95. The summed E-state index contributed by atoms with van der Waals surface area (Å²) in [7, 11) is -1.94. The summed E-state index contributed by atoms with van der Waals surface area (Å²) in [5, 5.41) is 0. The maximum absolute atomic E-state index is 5.95. The molecule has 0 aromatic rings. The molecule has 0 amide bonds. The van der Waals surface area contributed by atoms with E-state index in [0.717, 1.165) is 0 Å². The Balaban J connectivity index is 3.87. The lowest BCUT2D eigenvalue weighted by Crippen LogP contribution is -2.58. The first-order valence-electron chi connectivity index (χ1n) is 3.44. The van der Waals surface area contributed by atoms with Crippen LogP contribution in [0.1, 0.15) is 0 Å². The van der Waals surface area contributed by atoms with Gasteiger partial charge in [-0.2, -0.15) is 0 Å². The van der Waals surface area contributed by atoms with Crippen LogP contribution in [0.25, 0.3) is 0 Å². The van der Waals surface area contributed by atoms with Crippen LogP contribution in [-0.4, -0.2) is 24.3 Å². The smallest absolute Gasteiger partial charge is 0.238 e. The van der Waals surface area contributed by atoms with Crippen molar-refractivity contribution in [3.8, 4) is 0 Å². The number of hydrogen-bond acceptors (Lipinski definition) is 1. The fourth-order valence-electron chi connectivity index (χ4n) is 0.556. The Morgan fingerprint density at radius 3 is 1.70 bits per heavy atom. The zero-order valence-corrected chi connectivity index (χ0v) is 11.1. The summed E-state index contributed by atoms with van der Waals surface area (Å²) in [6.45, 7) is 11.6. The van der Waals surface area contributed by atoms with Gasteiger partial charge in [-0.1, -0.05) is 26.2 Å². The van der Waals surface area contributed by atoms with Gasteiger partial charge < -0.3 is 4.65 Å². The van der Waals surface area contributed by atoms with Gasteiger partial charge in [-0.05, 0) is 6.55 Å². The summed E-state index contributed by atoms with van der Waals surface area (Å²) in [6.07, 6.45) is 0. The van der Waals surface area contributed by atoms with Crippen LogP contribution in [0, 0.1) is 0 Å². The first kappa shape index (κ1) is 10.9. The third kappa shape index (κ3) is 3.92. The lowest BCUT2D eigenvalue weighted by atomic mass is 11.9. The average molecular weight is 210 g/mol. The minimum atomic E-state index is -1.08. The summed E-state index contributed by atoms with van der Waals surface area (Å²) < 4.78 is 3.57. The molecule has 2 radical (unpaired) electrons. The Morgan fingerprint density at radius 1 is 1.20 bits per heavy atom. The molecule has 0 heterocycles. The molecule has 1 nitrogen and oxygen atoms in total. The van der Waals surface area contributed by atoms with Crippen LogP contribution in [0.15, 0.2) is 0 Å². The van der Waals surface area contributed by atoms with Crippen LogP contribution in [0.5, 0.6) is 0 Å². The maximum Gasteiger partial charge on any atom is 0.238 e. The van der Waals surface area contributed by atoms with Gasteiger partial charge in [0.05, 0.1) is 8.31 Å². The van der Waals surface area contributed by atoms with Crippen molar-refractivity contribution >= 4 is 35.4 Å². The second-order valence-electron chi connectivity index (χ2n) is 3.28. The highest BCUT2D eigenvalue weighted by atomic mass is 35.6. The van der Waals surface area contributed by atoms with Crippen LogP contribution >= 0.6 is 11.1 Å². The van der Waals surface area contributed by atoms with E-state index >= 15 is 0 Å². The van der Waals surface area contributed by atoms with Crippen molar-refractivity contribution in [1.82, 2.24) is 4.65 Å². The normalized spacial score (nSPS) is 13.2. The van der Waals surface area contributed by atoms with Crippen molar-refractivity contribution in [3.05, 3.63) is 0 Å². The van der Waals surface area contributed by atoms with E-state index in [4.69, 9.17) is 11.1 Å². The Morgan fingerprint density at radius 2 is 1.60 bits per heavy atom. The lowest BCUT2D eigenvalue weighted by molar-refractivity contribution is 1.44. The summed E-state index contributed by atoms with van der Waals surface area (Å²) in [4.78, 5) is 0. The molecule has 0 rings (SSSR count). The van der Waals surface area contributed by atoms with Crippen molar-refractivity contribution in [2.24, 2.45) is 0 Å². The van der Waals surface area contributed by atoms with Gasteiger partial charge in [0, 0.05) is 0 Å². The van der Waals surface area contributed by atoms with Crippen molar-refractivity contribution in [3.63, 3.8) is 0 Å². The molecule has 0 atom stereocenters. The van der Waals surface area contributed by atoms with E-state index in [1.165, 1.54) is 0 Å². The van der Waals surface area contributed by atoms with Crippen molar-refractivity contribution in [1.29, 1.82) is 0 Å². The van der Waals surface area contributed by atoms with Crippen molar-refractivity contribution in [2.45, 2.75) is 32.7 Å². The fourth-order valence-corrected chi connectivity index (χ4v) is 11.8. The third-order valence-corrected chi connectivity index (χ3v) is 17.6. The molecular weight excluding hydrogens is 194 g/mol. The minimum Gasteiger partial charge on any atom is -0.350 e. The number of rotatable bonds is 3. The van der Waals surface area contributed by atoms with Gasteiger partial charge in [-0.25, -0.2) is 0 Å². The van der Waals surface area contributed by atoms with E-state index in [0.29, 0.717) is 0 Å². The molecule has 0 saturated carbocycles. The van der Waals surface area contributed by atoms with Crippen LogP contribution in [0.2, 0.25) is 32.7 Å². The van der Waals surface area contributed by atoms with Gasteiger partial charge in [0.15, 0.2) is 0 Å². The highest BCUT2D eigenvalue weighted by molar-refractivity contribution is 7.33. The highest BCUT2D eigenvalue weighted by Crippen LogP contribution is 2.03. The molecule has 10 heavy (non-hydrogen) atoms. The quantitative estimate of drug-likeness (QED) is 0.554. The largest absolute Gasteiger partial charge is 0.350 e. The number of halogens is 1. The van der Waals surface area contributed by atoms with E-state index in [1.807, 2.05) is 0 Å². The predicted octanol–water partition coefficient (Wildman–Crippen LogP) is 1.97. The van der Waals surface area contributed by atoms with Crippen LogP contribution < -0.4 is 4.65 Å². The summed E-state index contributed by atoms with van der Waals surface area (Å²) in [5.74, 6) is 0. The highest BCUT2D eigenvalue weighted by Gasteiger charge is 2.27. The second-order valence-corrected chi connectivity index (χ2v) is 19.1. The van der Waals surface area contributed by atoms with E-state index in [2.05, 4.69) is 37.4 Å². The predicted molar refractivity (Wildman–Crippen MR) is 55.6 cm³/mol. The van der Waals surface area contributed by atoms with Gasteiger partial charge in [0.1, 0.15) is 7.75 Å². The fraction of sp³-hybridized carbons (Fsp3) is 1.00. The first-order valence-corrected chi connectivity index (χ1v) is 13.0. The number of nitrogens with one attached hydrogen (secondary N) is 1. The zero-order chi connectivity index (χ0) is 8.36. The van der Waals surface area contributed by atoms with Gasteiger partial charge >= 0.3 is 0 Å². The monoisotopic (exact) mass is 209 g/mol. The average Bonchev–Trinajstić information content (AvgIpc) is 1.60. The molecule has 1 N–H and O–H groups in total. The molecule has 0 aromatic heterocycles. The SMILES string of the molecule is C[Si](Cl)N[Si](C)(C)[Si](C)C. The van der Waals surface area contributed by atoms with Crippen LogP contribution in [-0.2, 0) is 0 Å². The standard InChI is InChI=1S/C5H16ClNSi3/c1-8(2)10(4,5)7-9(3)6/h7H,1-5H3. The minimum absolute atomic E-state index is 0.137. The van der Waals surface area contributed by atoms with Gasteiger partial charge in [0.2, 0.25) is 8.27 Å². The number of hydrogen-bond donors (Lipinski definition) is 1. The van der Waals surface area contributed by atoms with E-state index in [9.17, 15) is 0 Å². The molecule has 0 aromatic carbocycles. The molecule has 0 bridgehead atoms. The Kier molecular flexibility index (Phi) is 4.42. The summed E-state index contributed by atoms with van der Waals surface area (Å²) in [6, 6.07) is 0. The van der Waals surface area contributed by atoms with Crippen LogP contribution in [0.3, 0.4) is 0 Å². The second kappa shape index (κ2) is 4.06. The third-order valence-electron chi connectivity index (χ3n) is 1.73. The summed E-state index contributed by atoms with van der Waals surface area (Å²) in [5.41, 5.74) is 0. The van der Waals surface area contributed by atoms with Crippen LogP contribution in [0.4, 0.5) is 0 Å². The van der Waals surface area contributed by atoms with E-state index < -0.39 is 16.0 Å². The molecule has 0 unspecified atom stereocenters. The van der Waals surface area contributed by atoms with E-state index in [-0.39, 0.29) is 8.31 Å². The lowest BCUT2D eigenvalue weighted by Gasteiger charge is -2.27. The van der Waals surface area contributed by atoms with Crippen molar-refractivity contribution in [2.75, 3.05) is 0 Å². The Bertz CT molecular complexity index is 105. The molecule has 0 saturated heterocycles. The Labute approximate surface area is 73.0 Å². The molecule has 0 aliphatic rings. The van der Waals surface area contributed by atoms with Gasteiger partial charge in [0.25, 0.3) is 0 Å². The van der Waals surface area contributed by atoms with Gasteiger partial charge in [-0.15, -0.1) is 11.1 Å². The topological polar surface area (TPSA) is 12.0 Å². The molecule has 60 valence electrons. The molecule has 0 aliphatic heterocycles. The molecular formula is C5H16ClNSi3. The maximum atomic E-state index is 5.95. The molecule has 0 fully saturated rings. The van der Waals surface area contributed by atoms with Crippen molar-refractivity contribution < 1.29 is 0 Å². The molecule has 0 aliphatic carbocycles.